The highest BCUT2D eigenvalue weighted by molar-refractivity contribution is 5.69. The first-order valence-corrected chi connectivity index (χ1v) is 7.30. The molecular formula is C16H24N2O2. The van der Waals surface area contributed by atoms with E-state index in [1.54, 1.807) is 0 Å². The van der Waals surface area contributed by atoms with E-state index in [0.717, 1.165) is 37.2 Å². The summed E-state index contributed by atoms with van der Waals surface area (Å²) in [5.41, 5.74) is 1.49. The molecule has 0 bridgehead atoms. The maximum absolute atomic E-state index is 12.4. The van der Waals surface area contributed by atoms with E-state index in [1.165, 1.54) is 0 Å². The molecule has 4 heteroatoms. The van der Waals surface area contributed by atoms with Crippen molar-refractivity contribution in [2.45, 2.75) is 58.6 Å². The van der Waals surface area contributed by atoms with Crippen molar-refractivity contribution >= 4 is 6.09 Å². The van der Waals surface area contributed by atoms with E-state index in [-0.39, 0.29) is 12.1 Å². The molecule has 1 aromatic heterocycles. The molecule has 1 aromatic rings. The summed E-state index contributed by atoms with van der Waals surface area (Å²) in [7, 11) is 0. The van der Waals surface area contributed by atoms with Gasteiger partial charge in [0, 0.05) is 12.2 Å². The number of carbonyl (C=O) groups excluding carboxylic acids is 1. The highest BCUT2D eigenvalue weighted by atomic mass is 16.6. The monoisotopic (exact) mass is 276 g/mol. The van der Waals surface area contributed by atoms with Crippen LogP contribution in [0.25, 0.3) is 0 Å². The van der Waals surface area contributed by atoms with Gasteiger partial charge in [0.1, 0.15) is 5.60 Å². The molecular weight excluding hydrogens is 252 g/mol. The summed E-state index contributed by atoms with van der Waals surface area (Å²) in [5, 5.41) is 0. The Kier molecular flexibility index (Phi) is 4.31. The summed E-state index contributed by atoms with van der Waals surface area (Å²) >= 11 is 0. The average Bonchev–Trinajstić information content (AvgIpc) is 2.37. The second-order valence-corrected chi connectivity index (χ2v) is 6.39. The van der Waals surface area contributed by atoms with E-state index < -0.39 is 5.60 Å². The molecule has 4 nitrogen and oxygen atoms in total. The fourth-order valence-corrected chi connectivity index (χ4v) is 2.53. The van der Waals surface area contributed by atoms with Gasteiger partial charge >= 0.3 is 6.09 Å². The predicted octanol–water partition coefficient (Wildman–Crippen LogP) is 3.85. The third-order valence-electron chi connectivity index (χ3n) is 3.38. The minimum atomic E-state index is -0.459. The lowest BCUT2D eigenvalue weighted by Crippen LogP contribution is -2.42. The smallest absolute Gasteiger partial charge is 0.410 e. The highest BCUT2D eigenvalue weighted by Gasteiger charge is 2.32. The van der Waals surface area contributed by atoms with Gasteiger partial charge in [-0.1, -0.05) is 6.07 Å². The van der Waals surface area contributed by atoms with Crippen molar-refractivity contribution in [1.29, 1.82) is 0 Å². The van der Waals surface area contributed by atoms with Crippen molar-refractivity contribution < 1.29 is 9.53 Å². The summed E-state index contributed by atoms with van der Waals surface area (Å²) in [5.74, 6) is 0. The fraction of sp³-hybridized carbons (Fsp3) is 0.625. The molecule has 1 fully saturated rings. The molecule has 110 valence electrons. The lowest BCUT2D eigenvalue weighted by atomic mass is 9.99. The molecule has 0 aliphatic carbocycles. The topological polar surface area (TPSA) is 42.4 Å². The van der Waals surface area contributed by atoms with Crippen molar-refractivity contribution in [3.63, 3.8) is 0 Å². The van der Waals surface area contributed by atoms with Crippen LogP contribution in [0, 0.1) is 6.92 Å². The van der Waals surface area contributed by atoms with Crippen LogP contribution >= 0.6 is 0 Å². The Labute approximate surface area is 121 Å². The second-order valence-electron chi connectivity index (χ2n) is 6.39. The molecule has 2 rings (SSSR count). The molecule has 0 saturated carbocycles. The van der Waals surface area contributed by atoms with Gasteiger partial charge < -0.3 is 4.74 Å². The summed E-state index contributed by atoms with van der Waals surface area (Å²) in [6.07, 6.45) is 2.88. The number of pyridine rings is 1. The van der Waals surface area contributed by atoms with Crippen molar-refractivity contribution in [2.24, 2.45) is 0 Å². The van der Waals surface area contributed by atoms with Crippen LogP contribution in [-0.2, 0) is 4.74 Å². The van der Waals surface area contributed by atoms with Gasteiger partial charge in [-0.2, -0.15) is 0 Å². The van der Waals surface area contributed by atoms with Gasteiger partial charge in [-0.05, 0) is 59.1 Å². The van der Waals surface area contributed by atoms with Gasteiger partial charge in [-0.15, -0.1) is 0 Å². The van der Waals surface area contributed by atoms with Crippen molar-refractivity contribution in [3.8, 4) is 0 Å². The summed E-state index contributed by atoms with van der Waals surface area (Å²) in [4.78, 5) is 18.8. The molecule has 2 heterocycles. The van der Waals surface area contributed by atoms with Gasteiger partial charge in [-0.3, -0.25) is 9.88 Å². The summed E-state index contributed by atoms with van der Waals surface area (Å²) in [6, 6.07) is 6.02. The average molecular weight is 276 g/mol. The zero-order chi connectivity index (χ0) is 14.8. The maximum Gasteiger partial charge on any atom is 0.410 e. The maximum atomic E-state index is 12.4. The van der Waals surface area contributed by atoms with Gasteiger partial charge in [0.15, 0.2) is 0 Å². The number of hydrogen-bond acceptors (Lipinski definition) is 3. The molecule has 1 aliphatic heterocycles. The van der Waals surface area contributed by atoms with Gasteiger partial charge in [-0.25, -0.2) is 4.79 Å². The minimum absolute atomic E-state index is 0.0403. The van der Waals surface area contributed by atoms with Crippen LogP contribution < -0.4 is 0 Å². The minimum Gasteiger partial charge on any atom is -0.444 e. The van der Waals surface area contributed by atoms with Gasteiger partial charge in [0.25, 0.3) is 0 Å². The number of nitrogens with zero attached hydrogens (tertiary/aromatic N) is 2. The third kappa shape index (κ3) is 3.71. The number of ether oxygens (including phenoxy) is 1. The molecule has 1 saturated heterocycles. The first-order valence-electron chi connectivity index (χ1n) is 7.30. The lowest BCUT2D eigenvalue weighted by molar-refractivity contribution is 0.00898. The first-order chi connectivity index (χ1) is 9.37. The Morgan fingerprint density at radius 1 is 1.35 bits per heavy atom. The van der Waals surface area contributed by atoms with Crippen molar-refractivity contribution in [3.05, 3.63) is 29.6 Å². The van der Waals surface area contributed by atoms with E-state index in [9.17, 15) is 4.79 Å². The van der Waals surface area contributed by atoms with Crippen LogP contribution in [-0.4, -0.2) is 28.1 Å². The van der Waals surface area contributed by atoms with E-state index in [0.29, 0.717) is 0 Å². The normalized spacial score (nSPS) is 19.8. The molecule has 20 heavy (non-hydrogen) atoms. The van der Waals surface area contributed by atoms with Crippen LogP contribution in [0.2, 0.25) is 0 Å². The molecule has 1 atom stereocenters. The Hall–Kier alpha value is -1.58. The molecule has 0 spiro atoms. The van der Waals surface area contributed by atoms with Crippen LogP contribution in [0.3, 0.4) is 0 Å². The second kappa shape index (κ2) is 5.81. The molecule has 1 amide bonds. The number of rotatable bonds is 1. The Balaban J connectivity index is 2.19. The number of amides is 1. The van der Waals surface area contributed by atoms with Gasteiger partial charge in [0.2, 0.25) is 0 Å². The van der Waals surface area contributed by atoms with Crippen LogP contribution in [0.5, 0.6) is 0 Å². The Bertz CT molecular complexity index is 480. The van der Waals surface area contributed by atoms with Crippen molar-refractivity contribution in [2.75, 3.05) is 6.54 Å². The van der Waals surface area contributed by atoms with Crippen LogP contribution in [0.1, 0.15) is 57.5 Å². The molecule has 0 aromatic carbocycles. The van der Waals surface area contributed by atoms with E-state index >= 15 is 0 Å². The highest BCUT2D eigenvalue weighted by Crippen LogP contribution is 2.31. The molecule has 1 unspecified atom stereocenters. The largest absolute Gasteiger partial charge is 0.444 e. The Morgan fingerprint density at radius 3 is 2.75 bits per heavy atom. The molecule has 0 N–H and O–H groups in total. The quantitative estimate of drug-likeness (QED) is 0.782. The number of hydrogen-bond donors (Lipinski definition) is 0. The number of carbonyl (C=O) groups is 1. The fourth-order valence-electron chi connectivity index (χ4n) is 2.53. The number of piperidine rings is 1. The van der Waals surface area contributed by atoms with Crippen LogP contribution in [0.4, 0.5) is 4.79 Å². The Morgan fingerprint density at radius 2 is 2.10 bits per heavy atom. The zero-order valence-electron chi connectivity index (χ0n) is 12.8. The third-order valence-corrected chi connectivity index (χ3v) is 3.38. The summed E-state index contributed by atoms with van der Waals surface area (Å²) in [6.45, 7) is 8.41. The SMILES string of the molecule is Cc1cccc(C2CCCCN2C(=O)OC(C)(C)C)n1. The first kappa shape index (κ1) is 14.8. The van der Waals surface area contributed by atoms with E-state index in [2.05, 4.69) is 4.98 Å². The summed E-state index contributed by atoms with van der Waals surface area (Å²) < 4.78 is 5.52. The number of likely N-dealkylation sites (tertiary alicyclic amines) is 1. The zero-order valence-corrected chi connectivity index (χ0v) is 12.8. The lowest BCUT2D eigenvalue weighted by Gasteiger charge is -2.36. The molecule has 1 aliphatic rings. The van der Waals surface area contributed by atoms with E-state index in [4.69, 9.17) is 4.74 Å². The van der Waals surface area contributed by atoms with Crippen molar-refractivity contribution in [1.82, 2.24) is 9.88 Å². The standard InChI is InChI=1S/C16H24N2O2/c1-12-8-7-9-13(17-12)14-10-5-6-11-18(14)15(19)20-16(2,3)4/h7-9,14H,5-6,10-11H2,1-4H3. The number of aromatic nitrogens is 1. The van der Waals surface area contributed by atoms with E-state index in [1.807, 2.05) is 50.8 Å². The predicted molar refractivity (Wildman–Crippen MR) is 78.5 cm³/mol. The molecule has 0 radical (unpaired) electrons. The number of aryl methyl sites for hydroxylation is 1. The van der Waals surface area contributed by atoms with Crippen LogP contribution in [0.15, 0.2) is 18.2 Å². The van der Waals surface area contributed by atoms with Gasteiger partial charge in [0.05, 0.1) is 11.7 Å².